The summed E-state index contributed by atoms with van der Waals surface area (Å²) >= 11 is 10.1. The number of aromatic amines is 1. The highest BCUT2D eigenvalue weighted by Gasteiger charge is 2.16. The first-order chi connectivity index (χ1) is 36.4. The van der Waals surface area contributed by atoms with Crippen LogP contribution >= 0.6 is 23.2 Å². The van der Waals surface area contributed by atoms with Crippen molar-refractivity contribution in [3.8, 4) is 11.3 Å². The van der Waals surface area contributed by atoms with Gasteiger partial charge < -0.3 is 22.2 Å². The predicted octanol–water partition coefficient (Wildman–Crippen LogP) is 13.9. The summed E-state index contributed by atoms with van der Waals surface area (Å²) in [6, 6.07) is 56.0. The third-order valence-electron chi connectivity index (χ3n) is 12.3. The number of benzene rings is 8. The molecule has 7 N–H and O–H groups in total. The van der Waals surface area contributed by atoms with Gasteiger partial charge in [0.1, 0.15) is 17.5 Å². The monoisotopic (exact) mass is 1030 g/mol. The Hall–Kier alpha value is -8.70. The fourth-order valence-corrected chi connectivity index (χ4v) is 8.63. The van der Waals surface area contributed by atoms with E-state index in [-0.39, 0.29) is 5.43 Å². The average molecular weight is 1030 g/mol. The number of H-pyrrole nitrogens is 1. The molecule has 0 aliphatic heterocycles. The first kappa shape index (κ1) is 52.6. The normalized spacial score (nSPS) is 10.7. The molecule has 0 saturated heterocycles. The maximum absolute atomic E-state index is 11.5. The molecule has 0 bridgehead atoms. The summed E-state index contributed by atoms with van der Waals surface area (Å²) in [5.41, 5.74) is 33.7. The van der Waals surface area contributed by atoms with Gasteiger partial charge in [0.25, 0.3) is 0 Å². The molecule has 75 heavy (non-hydrogen) atoms. The Kier molecular flexibility index (Phi) is 17.4. The van der Waals surface area contributed by atoms with Crippen molar-refractivity contribution >= 4 is 96.4 Å². The number of hydrogen-bond acceptors (Lipinski definition) is 9. The molecule has 8 aromatic carbocycles. The number of nitrogens with zero attached hydrogens (tertiary/aromatic N) is 5. The number of anilines is 3. The Bertz CT molecular complexity index is 3850. The van der Waals surface area contributed by atoms with Gasteiger partial charge in [0.2, 0.25) is 0 Å². The number of alkyl halides is 2. The summed E-state index contributed by atoms with van der Waals surface area (Å²) in [5.74, 6) is 2.56. The topological polar surface area (TPSA) is 175 Å². The minimum absolute atomic E-state index is 0.00441. The second-order valence-corrected chi connectivity index (χ2v) is 18.6. The molecule has 0 aliphatic rings. The van der Waals surface area contributed by atoms with Gasteiger partial charge in [-0.2, -0.15) is 0 Å². The van der Waals surface area contributed by atoms with Crippen LogP contribution in [0.3, 0.4) is 0 Å². The van der Waals surface area contributed by atoms with Crippen LogP contribution in [0.4, 0.5) is 17.5 Å². The van der Waals surface area contributed by atoms with Crippen LogP contribution in [0.15, 0.2) is 188 Å². The van der Waals surface area contributed by atoms with Gasteiger partial charge in [-0.25, -0.2) is 24.9 Å². The quantitative estimate of drug-likeness (QED) is 0.0767. The highest BCUT2D eigenvalue weighted by molar-refractivity contribution is 6.26. The van der Waals surface area contributed by atoms with Crippen molar-refractivity contribution in [3.05, 3.63) is 249 Å². The van der Waals surface area contributed by atoms with E-state index in [1.165, 1.54) is 27.6 Å². The molecule has 0 fully saturated rings. The van der Waals surface area contributed by atoms with Crippen molar-refractivity contribution in [1.29, 1.82) is 0 Å². The zero-order chi connectivity index (χ0) is 52.8. The summed E-state index contributed by atoms with van der Waals surface area (Å²) in [7, 11) is 0. The molecule has 0 amide bonds. The highest BCUT2D eigenvalue weighted by Crippen LogP contribution is 2.30. The third-order valence-corrected chi connectivity index (χ3v) is 12.9. The molecule has 0 saturated carbocycles. The van der Waals surface area contributed by atoms with E-state index in [1.54, 1.807) is 18.2 Å². The minimum Gasteiger partial charge on any atom is -0.382 e. The zero-order valence-corrected chi connectivity index (χ0v) is 43.4. The molecule has 0 unspecified atom stereocenters. The number of aryl methyl sites for hydroxylation is 2. The number of aromatic nitrogens is 6. The van der Waals surface area contributed by atoms with Crippen LogP contribution in [0.1, 0.15) is 56.2 Å². The van der Waals surface area contributed by atoms with E-state index in [2.05, 4.69) is 120 Å². The van der Waals surface area contributed by atoms with Gasteiger partial charge >= 0.3 is 0 Å². The molecule has 0 atom stereocenters. The lowest BCUT2D eigenvalue weighted by molar-refractivity contribution is 1.04. The third kappa shape index (κ3) is 13.1. The Labute approximate surface area is 446 Å². The predicted molar refractivity (Wildman–Crippen MR) is 316 cm³/mol. The second kappa shape index (κ2) is 24.8. The van der Waals surface area contributed by atoms with Crippen LogP contribution in [-0.4, -0.2) is 41.7 Å². The molecule has 0 radical (unpaired) electrons. The van der Waals surface area contributed by atoms with Crippen molar-refractivity contribution in [2.75, 3.05) is 29.0 Å². The standard InChI is InChI=1S/C22H21N3.C20H17N3.C19H15N3O.C2H4Cl2/c1-4-17-13-15(3)11-12-18(17)21-19(5-2)25-22(23)20(24-21)14-16-9-7-6-8-10-16;1-13-7-9-16-15(11-13)8-10-17-19(16)22-18(20(21)23-17)12-14-5-3-2-4-6-14;20-19-17(10-12-4-2-1-3-5-12)21-18-15-8-7-14(23)11-13(15)6-9-16(18)22-19;3-1-2-4/h4-13H,1-2,14H2,3H3,(H2,23,25);2-11H,12H2,1H3,(H2,21,23);1-9,11,21H,10,20H2;1-2H2. The van der Waals surface area contributed by atoms with Crippen molar-refractivity contribution in [2.45, 2.75) is 33.1 Å². The molecular weight excluding hydrogens is 970 g/mol. The Morgan fingerprint density at radius 1 is 0.520 bits per heavy atom. The van der Waals surface area contributed by atoms with E-state index in [4.69, 9.17) is 50.4 Å². The molecule has 12 heteroatoms. The van der Waals surface area contributed by atoms with E-state index < -0.39 is 0 Å². The SMILES string of the molecule is C=Cc1cc(C)ccc1-c1nc(Cc2ccccc2)c(N)nc1C=C.Cc1ccc2c(ccc3nc(N)c(Cc4ccccc4)nc32)c1.ClCCCl.Nc1nc2ccc3cc(=O)ccc3c2[nH]c1Cc1ccccc1. The molecule has 11 rings (SSSR count). The Morgan fingerprint density at radius 2 is 1.05 bits per heavy atom. The number of nitrogens with one attached hydrogen (secondary N) is 1. The Morgan fingerprint density at radius 3 is 1.67 bits per heavy atom. The van der Waals surface area contributed by atoms with Crippen LogP contribution in [0.25, 0.3) is 67.0 Å². The molecular formula is C63H57Cl2N9O. The van der Waals surface area contributed by atoms with Crippen molar-refractivity contribution in [1.82, 2.24) is 29.9 Å². The number of hydrogen-bond donors (Lipinski definition) is 4. The number of rotatable bonds is 10. The fraction of sp³-hybridized carbons (Fsp3) is 0.111. The van der Waals surface area contributed by atoms with E-state index in [0.717, 1.165) is 77.7 Å². The van der Waals surface area contributed by atoms with Crippen LogP contribution in [0, 0.1) is 13.8 Å². The van der Waals surface area contributed by atoms with E-state index in [9.17, 15) is 4.79 Å². The molecule has 10 nitrogen and oxygen atoms in total. The van der Waals surface area contributed by atoms with Crippen LogP contribution in [0.2, 0.25) is 0 Å². The highest BCUT2D eigenvalue weighted by atomic mass is 35.5. The average Bonchev–Trinajstić information content (AvgIpc) is 3.43. The smallest absolute Gasteiger partial charge is 0.179 e. The summed E-state index contributed by atoms with van der Waals surface area (Å²) in [4.78, 5) is 38.2. The van der Waals surface area contributed by atoms with Gasteiger partial charge in [-0.15, -0.1) is 23.2 Å². The second-order valence-electron chi connectivity index (χ2n) is 17.8. The first-order valence-corrected chi connectivity index (χ1v) is 25.4. The molecule has 0 aliphatic carbocycles. The first-order valence-electron chi connectivity index (χ1n) is 24.4. The molecule has 0 spiro atoms. The van der Waals surface area contributed by atoms with Crippen molar-refractivity contribution in [2.24, 2.45) is 0 Å². The summed E-state index contributed by atoms with van der Waals surface area (Å²) < 4.78 is 0. The maximum Gasteiger partial charge on any atom is 0.179 e. The van der Waals surface area contributed by atoms with Crippen molar-refractivity contribution < 1.29 is 0 Å². The Balaban J connectivity index is 0.000000144. The summed E-state index contributed by atoms with van der Waals surface area (Å²) in [5, 5.41) is 4.18. The van der Waals surface area contributed by atoms with Gasteiger partial charge in [0, 0.05) is 47.4 Å². The molecule has 3 aromatic heterocycles. The van der Waals surface area contributed by atoms with Gasteiger partial charge in [-0.05, 0) is 83.3 Å². The zero-order valence-electron chi connectivity index (χ0n) is 41.9. The minimum atomic E-state index is 0.00441. The molecule has 11 aromatic rings. The van der Waals surface area contributed by atoms with Crippen molar-refractivity contribution in [3.63, 3.8) is 0 Å². The van der Waals surface area contributed by atoms with Gasteiger partial charge in [-0.1, -0.05) is 170 Å². The van der Waals surface area contributed by atoms with E-state index >= 15 is 0 Å². The number of nitrogens with two attached hydrogens (primary N) is 3. The lowest BCUT2D eigenvalue weighted by Crippen LogP contribution is -2.06. The molecule has 374 valence electrons. The lowest BCUT2D eigenvalue weighted by atomic mass is 9.99. The van der Waals surface area contributed by atoms with E-state index in [0.29, 0.717) is 54.2 Å². The number of fused-ring (bicyclic) bond motifs is 6. The van der Waals surface area contributed by atoms with Crippen LogP contribution in [0.5, 0.6) is 0 Å². The summed E-state index contributed by atoms with van der Waals surface area (Å²) in [6.07, 6.45) is 5.55. The molecule has 3 heterocycles. The summed E-state index contributed by atoms with van der Waals surface area (Å²) in [6.45, 7) is 11.9. The van der Waals surface area contributed by atoms with Gasteiger partial charge in [0.15, 0.2) is 5.43 Å². The van der Waals surface area contributed by atoms with Gasteiger partial charge in [-0.3, -0.25) is 4.79 Å². The van der Waals surface area contributed by atoms with Gasteiger partial charge in [0.05, 0.1) is 50.5 Å². The van der Waals surface area contributed by atoms with E-state index in [1.807, 2.05) is 91.0 Å². The van der Waals surface area contributed by atoms with Crippen LogP contribution in [-0.2, 0) is 19.3 Å². The van der Waals surface area contributed by atoms with Crippen LogP contribution < -0.4 is 22.6 Å². The fourth-order valence-electron chi connectivity index (χ4n) is 8.63. The number of nitrogen functional groups attached to an aromatic ring is 3. The maximum atomic E-state index is 11.5. The lowest BCUT2D eigenvalue weighted by Gasteiger charge is -2.13. The largest absolute Gasteiger partial charge is 0.382 e. The number of halogens is 2.